The topological polar surface area (TPSA) is 65.1 Å². The number of rotatable bonds is 5. The minimum atomic E-state index is 0.464. The third-order valence-electron chi connectivity index (χ3n) is 3.57. The third kappa shape index (κ3) is 3.16. The molecule has 0 bridgehead atoms. The molecule has 0 amide bonds. The number of aromatic nitrogens is 2. The highest BCUT2D eigenvalue weighted by molar-refractivity contribution is 5.64. The largest absolute Gasteiger partial charge is 0.394 e. The van der Waals surface area contributed by atoms with Gasteiger partial charge in [0.05, 0.1) is 24.1 Å². The van der Waals surface area contributed by atoms with Gasteiger partial charge in [-0.15, -0.1) is 0 Å². The second kappa shape index (κ2) is 6.09. The molecule has 1 aromatic heterocycles. The smallest absolute Gasteiger partial charge is 0.147 e. The fourth-order valence-corrected chi connectivity index (χ4v) is 2.51. The van der Waals surface area contributed by atoms with E-state index in [0.717, 1.165) is 30.4 Å². The Hall–Kier alpha value is -1.23. The Morgan fingerprint density at radius 1 is 1.39 bits per heavy atom. The predicted molar refractivity (Wildman–Crippen MR) is 73.7 cm³/mol. The number of aryl methyl sites for hydroxylation is 2. The quantitative estimate of drug-likeness (QED) is 0.787. The molecule has 2 rings (SSSR count). The maximum atomic E-state index is 5.94. The average molecular weight is 252 g/mol. The van der Waals surface area contributed by atoms with Crippen molar-refractivity contribution in [2.24, 2.45) is 7.05 Å². The Bertz CT molecular complexity index is 383. The molecule has 1 saturated carbocycles. The van der Waals surface area contributed by atoms with Crippen molar-refractivity contribution in [3.05, 3.63) is 5.69 Å². The molecule has 0 spiro atoms. The van der Waals surface area contributed by atoms with Crippen LogP contribution in [0.2, 0.25) is 0 Å². The van der Waals surface area contributed by atoms with Gasteiger partial charge in [0.25, 0.3) is 0 Å². The molecule has 1 aliphatic rings. The second-order valence-electron chi connectivity index (χ2n) is 5.03. The Kier molecular flexibility index (Phi) is 4.47. The Labute approximate surface area is 109 Å². The molecule has 102 valence electrons. The minimum Gasteiger partial charge on any atom is -0.394 e. The molecule has 5 nitrogen and oxygen atoms in total. The van der Waals surface area contributed by atoms with Crippen LogP contribution >= 0.6 is 0 Å². The van der Waals surface area contributed by atoms with E-state index < -0.39 is 0 Å². The Morgan fingerprint density at radius 3 is 2.72 bits per heavy atom. The second-order valence-corrected chi connectivity index (χ2v) is 5.03. The SMILES string of the molecule is Cc1nn(C)c(NCCOC2CCCCC2)c1N. The molecule has 1 fully saturated rings. The molecular weight excluding hydrogens is 228 g/mol. The monoisotopic (exact) mass is 252 g/mol. The summed E-state index contributed by atoms with van der Waals surface area (Å²) >= 11 is 0. The first kappa shape index (κ1) is 13.2. The maximum Gasteiger partial charge on any atom is 0.147 e. The van der Waals surface area contributed by atoms with Crippen LogP contribution in [-0.4, -0.2) is 29.0 Å². The summed E-state index contributed by atoms with van der Waals surface area (Å²) in [7, 11) is 1.90. The lowest BCUT2D eigenvalue weighted by Gasteiger charge is -2.22. The molecular formula is C13H24N4O. The van der Waals surface area contributed by atoms with E-state index in [2.05, 4.69) is 10.4 Å². The molecule has 1 aromatic rings. The normalized spacial score (nSPS) is 17.0. The Morgan fingerprint density at radius 2 is 2.11 bits per heavy atom. The van der Waals surface area contributed by atoms with Gasteiger partial charge in [0.15, 0.2) is 0 Å². The highest BCUT2D eigenvalue weighted by atomic mass is 16.5. The minimum absolute atomic E-state index is 0.464. The van der Waals surface area contributed by atoms with Crippen molar-refractivity contribution in [2.45, 2.75) is 45.1 Å². The fourth-order valence-electron chi connectivity index (χ4n) is 2.51. The number of nitrogens with two attached hydrogens (primary N) is 1. The summed E-state index contributed by atoms with van der Waals surface area (Å²) in [5.41, 5.74) is 7.54. The molecule has 0 saturated heterocycles. The summed E-state index contributed by atoms with van der Waals surface area (Å²) in [6.07, 6.45) is 6.88. The van der Waals surface area contributed by atoms with Crippen molar-refractivity contribution in [1.29, 1.82) is 0 Å². The molecule has 0 aliphatic heterocycles. The molecule has 1 heterocycles. The lowest BCUT2D eigenvalue weighted by Crippen LogP contribution is -2.21. The zero-order valence-corrected chi connectivity index (χ0v) is 11.4. The number of hydrogen-bond acceptors (Lipinski definition) is 4. The summed E-state index contributed by atoms with van der Waals surface area (Å²) in [5, 5.41) is 7.56. The number of ether oxygens (including phenoxy) is 1. The van der Waals surface area contributed by atoms with Crippen LogP contribution in [0.15, 0.2) is 0 Å². The van der Waals surface area contributed by atoms with Crippen molar-refractivity contribution in [3.8, 4) is 0 Å². The molecule has 18 heavy (non-hydrogen) atoms. The van der Waals surface area contributed by atoms with Gasteiger partial charge in [-0.2, -0.15) is 5.10 Å². The first-order valence-corrected chi connectivity index (χ1v) is 6.83. The van der Waals surface area contributed by atoms with E-state index in [1.807, 2.05) is 14.0 Å². The molecule has 0 radical (unpaired) electrons. The van der Waals surface area contributed by atoms with Gasteiger partial charge in [-0.1, -0.05) is 19.3 Å². The first-order valence-electron chi connectivity index (χ1n) is 6.83. The summed E-state index contributed by atoms with van der Waals surface area (Å²) in [6, 6.07) is 0. The number of anilines is 2. The van der Waals surface area contributed by atoms with Crippen molar-refractivity contribution >= 4 is 11.5 Å². The van der Waals surface area contributed by atoms with Crippen molar-refractivity contribution in [1.82, 2.24) is 9.78 Å². The molecule has 3 N–H and O–H groups in total. The van der Waals surface area contributed by atoms with Gasteiger partial charge in [-0.3, -0.25) is 4.68 Å². The molecule has 0 unspecified atom stereocenters. The lowest BCUT2D eigenvalue weighted by molar-refractivity contribution is 0.0347. The molecule has 1 aliphatic carbocycles. The highest BCUT2D eigenvalue weighted by Gasteiger charge is 2.13. The zero-order chi connectivity index (χ0) is 13.0. The zero-order valence-electron chi connectivity index (χ0n) is 11.4. The van der Waals surface area contributed by atoms with Gasteiger partial charge in [0.1, 0.15) is 5.82 Å². The number of nitrogen functional groups attached to an aromatic ring is 1. The predicted octanol–water partition coefficient (Wildman–Crippen LogP) is 2.07. The van der Waals surface area contributed by atoms with Gasteiger partial charge >= 0.3 is 0 Å². The van der Waals surface area contributed by atoms with Gasteiger partial charge in [-0.05, 0) is 19.8 Å². The van der Waals surface area contributed by atoms with Crippen LogP contribution in [0.25, 0.3) is 0 Å². The number of hydrogen-bond donors (Lipinski definition) is 2. The van der Waals surface area contributed by atoms with E-state index in [0.29, 0.717) is 6.10 Å². The van der Waals surface area contributed by atoms with Crippen LogP contribution in [0.4, 0.5) is 11.5 Å². The van der Waals surface area contributed by atoms with E-state index in [9.17, 15) is 0 Å². The van der Waals surface area contributed by atoms with Crippen LogP contribution in [-0.2, 0) is 11.8 Å². The van der Waals surface area contributed by atoms with Gasteiger partial charge in [0, 0.05) is 13.6 Å². The van der Waals surface area contributed by atoms with Crippen LogP contribution in [0, 0.1) is 6.92 Å². The van der Waals surface area contributed by atoms with Crippen LogP contribution in [0.1, 0.15) is 37.8 Å². The van der Waals surface area contributed by atoms with E-state index in [4.69, 9.17) is 10.5 Å². The van der Waals surface area contributed by atoms with E-state index in [-0.39, 0.29) is 0 Å². The number of nitrogens with zero attached hydrogens (tertiary/aromatic N) is 2. The van der Waals surface area contributed by atoms with Crippen molar-refractivity contribution < 1.29 is 4.74 Å². The summed E-state index contributed by atoms with van der Waals surface area (Å²) in [6.45, 7) is 3.42. The van der Waals surface area contributed by atoms with E-state index >= 15 is 0 Å². The fraction of sp³-hybridized carbons (Fsp3) is 0.769. The molecule has 0 atom stereocenters. The average Bonchev–Trinajstić information content (AvgIpc) is 2.61. The van der Waals surface area contributed by atoms with Gasteiger partial charge < -0.3 is 15.8 Å². The van der Waals surface area contributed by atoms with E-state index in [1.165, 1.54) is 32.1 Å². The van der Waals surface area contributed by atoms with Crippen molar-refractivity contribution in [3.63, 3.8) is 0 Å². The van der Waals surface area contributed by atoms with Crippen LogP contribution in [0.3, 0.4) is 0 Å². The highest BCUT2D eigenvalue weighted by Crippen LogP contribution is 2.21. The van der Waals surface area contributed by atoms with Crippen molar-refractivity contribution in [2.75, 3.05) is 24.2 Å². The Balaban J connectivity index is 1.71. The summed E-state index contributed by atoms with van der Waals surface area (Å²) < 4.78 is 7.64. The summed E-state index contributed by atoms with van der Waals surface area (Å²) in [4.78, 5) is 0. The van der Waals surface area contributed by atoms with Crippen LogP contribution < -0.4 is 11.1 Å². The van der Waals surface area contributed by atoms with E-state index in [1.54, 1.807) is 4.68 Å². The third-order valence-corrected chi connectivity index (χ3v) is 3.57. The summed E-state index contributed by atoms with van der Waals surface area (Å²) in [5.74, 6) is 0.889. The van der Waals surface area contributed by atoms with Gasteiger partial charge in [0.2, 0.25) is 0 Å². The number of nitrogens with one attached hydrogen (secondary N) is 1. The molecule has 0 aromatic carbocycles. The molecule has 5 heteroatoms. The van der Waals surface area contributed by atoms with Crippen LogP contribution in [0.5, 0.6) is 0 Å². The maximum absolute atomic E-state index is 5.94. The first-order chi connectivity index (χ1) is 8.68. The lowest BCUT2D eigenvalue weighted by atomic mass is 9.98. The standard InChI is InChI=1S/C13H24N4O/c1-10-12(14)13(17(2)16-10)15-8-9-18-11-6-4-3-5-7-11/h11,15H,3-9,14H2,1-2H3. The van der Waals surface area contributed by atoms with Gasteiger partial charge in [-0.25, -0.2) is 0 Å².